The molecule has 0 saturated carbocycles. The molecule has 0 spiro atoms. The normalized spacial score (nSPS) is 10.3. The summed E-state index contributed by atoms with van der Waals surface area (Å²) in [4.78, 5) is 4.38. The van der Waals surface area contributed by atoms with Gasteiger partial charge in [-0.2, -0.15) is 0 Å². The Labute approximate surface area is 97.5 Å². The van der Waals surface area contributed by atoms with Crippen LogP contribution in [0.5, 0.6) is 5.75 Å². The number of aromatic nitrogens is 1. The molecule has 2 nitrogen and oxygen atoms in total. The zero-order valence-corrected chi connectivity index (χ0v) is 10.0. The molecule has 0 aliphatic rings. The molecule has 0 aliphatic carbocycles. The summed E-state index contributed by atoms with van der Waals surface area (Å²) in [5.41, 5.74) is 1.95. The lowest BCUT2D eigenvalue weighted by atomic mass is 10.2. The highest BCUT2D eigenvalue weighted by Gasteiger charge is 2.07. The molecule has 0 atom stereocenters. The number of hydrogen-bond donors (Lipinski definition) is 0. The molecule has 0 N–H and O–H groups in total. The Hall–Kier alpha value is -1.06. The minimum absolute atomic E-state index is 0.751. The van der Waals surface area contributed by atoms with Crippen LogP contribution < -0.4 is 4.74 Å². The molecule has 15 heavy (non-hydrogen) atoms. The first-order valence-corrected chi connectivity index (χ1v) is 5.67. The predicted molar refractivity (Wildman–Crippen MR) is 63.8 cm³/mol. The Morgan fingerprint density at radius 1 is 1.27 bits per heavy atom. The smallest absolute Gasteiger partial charge is 0.125 e. The third kappa shape index (κ3) is 2.13. The van der Waals surface area contributed by atoms with Crippen molar-refractivity contribution in [3.63, 3.8) is 0 Å². The van der Waals surface area contributed by atoms with Gasteiger partial charge in [-0.05, 0) is 31.2 Å². The summed E-state index contributed by atoms with van der Waals surface area (Å²) in [6.45, 7) is 1.91. The van der Waals surface area contributed by atoms with E-state index in [-0.39, 0.29) is 0 Å². The van der Waals surface area contributed by atoms with Gasteiger partial charge in [-0.25, -0.2) is 4.98 Å². The number of rotatable bonds is 2. The van der Waals surface area contributed by atoms with E-state index in [1.54, 1.807) is 7.11 Å². The van der Waals surface area contributed by atoms with Crippen molar-refractivity contribution in [1.29, 1.82) is 0 Å². The van der Waals surface area contributed by atoms with Crippen LogP contribution in [0.2, 0.25) is 4.34 Å². The molecule has 1 aromatic carbocycles. The number of benzene rings is 1. The molecule has 0 radical (unpaired) electrons. The van der Waals surface area contributed by atoms with Crippen molar-refractivity contribution in [2.75, 3.05) is 7.11 Å². The van der Waals surface area contributed by atoms with Crippen LogP contribution in [0.3, 0.4) is 0 Å². The van der Waals surface area contributed by atoms with Gasteiger partial charge in [-0.15, -0.1) is 11.3 Å². The number of hydrogen-bond acceptors (Lipinski definition) is 3. The fourth-order valence-corrected chi connectivity index (χ4v) is 2.30. The van der Waals surface area contributed by atoms with Gasteiger partial charge in [-0.3, -0.25) is 0 Å². The van der Waals surface area contributed by atoms with Gasteiger partial charge >= 0.3 is 0 Å². The monoisotopic (exact) mass is 239 g/mol. The summed E-state index contributed by atoms with van der Waals surface area (Å²) < 4.78 is 5.84. The minimum atomic E-state index is 0.751. The minimum Gasteiger partial charge on any atom is -0.497 e. The average Bonchev–Trinajstić information content (AvgIpc) is 2.59. The Kier molecular flexibility index (Phi) is 2.93. The zero-order chi connectivity index (χ0) is 10.8. The van der Waals surface area contributed by atoms with Crippen LogP contribution >= 0.6 is 22.9 Å². The summed E-state index contributed by atoms with van der Waals surface area (Å²) >= 11 is 7.46. The van der Waals surface area contributed by atoms with Gasteiger partial charge in [0.2, 0.25) is 0 Å². The molecule has 1 heterocycles. The Morgan fingerprint density at radius 2 is 1.93 bits per heavy atom. The number of nitrogens with zero attached hydrogens (tertiary/aromatic N) is 1. The van der Waals surface area contributed by atoms with Gasteiger partial charge in [0, 0.05) is 5.56 Å². The van der Waals surface area contributed by atoms with E-state index in [9.17, 15) is 0 Å². The molecule has 0 amide bonds. The molecule has 2 rings (SSSR count). The van der Waals surface area contributed by atoms with Gasteiger partial charge in [0.1, 0.15) is 15.1 Å². The molecule has 0 unspecified atom stereocenters. The highest BCUT2D eigenvalue weighted by atomic mass is 35.5. The molecule has 0 aliphatic heterocycles. The first kappa shape index (κ1) is 10.5. The highest BCUT2D eigenvalue weighted by Crippen LogP contribution is 2.31. The Morgan fingerprint density at radius 3 is 2.40 bits per heavy atom. The van der Waals surface area contributed by atoms with Crippen molar-refractivity contribution in [2.24, 2.45) is 0 Å². The van der Waals surface area contributed by atoms with Crippen LogP contribution in [0.25, 0.3) is 10.6 Å². The predicted octanol–water partition coefficient (Wildman–Crippen LogP) is 3.78. The fourth-order valence-electron chi connectivity index (χ4n) is 1.23. The van der Waals surface area contributed by atoms with Crippen molar-refractivity contribution in [1.82, 2.24) is 4.98 Å². The molecule has 2 aromatic rings. The molecule has 0 bridgehead atoms. The quantitative estimate of drug-likeness (QED) is 0.796. The van der Waals surface area contributed by atoms with Crippen LogP contribution in [-0.4, -0.2) is 12.1 Å². The summed E-state index contributed by atoms with van der Waals surface area (Å²) in [5, 5.41) is 0.945. The molecule has 1 aromatic heterocycles. The summed E-state index contributed by atoms with van der Waals surface area (Å²) in [7, 11) is 1.65. The Bertz CT molecular complexity index is 444. The summed E-state index contributed by atoms with van der Waals surface area (Å²) in [5.74, 6) is 0.845. The van der Waals surface area contributed by atoms with Crippen molar-refractivity contribution in [3.8, 4) is 16.3 Å². The van der Waals surface area contributed by atoms with Crippen molar-refractivity contribution >= 4 is 22.9 Å². The second-order valence-corrected chi connectivity index (χ2v) is 4.71. The van der Waals surface area contributed by atoms with Crippen LogP contribution in [0.1, 0.15) is 5.69 Å². The standard InChI is InChI=1S/C11H10ClNOS/c1-7-10(12)15-11(13-7)8-3-5-9(14-2)6-4-8/h3-6H,1-2H3. The first-order valence-electron chi connectivity index (χ1n) is 4.48. The van der Waals surface area contributed by atoms with Crippen LogP contribution in [0.15, 0.2) is 24.3 Å². The largest absolute Gasteiger partial charge is 0.497 e. The number of ether oxygens (including phenoxy) is 1. The van der Waals surface area contributed by atoms with E-state index in [0.29, 0.717) is 0 Å². The lowest BCUT2D eigenvalue weighted by molar-refractivity contribution is 0.415. The third-order valence-corrected chi connectivity index (χ3v) is 3.58. The summed E-state index contributed by atoms with van der Waals surface area (Å²) in [6.07, 6.45) is 0. The van der Waals surface area contributed by atoms with Crippen molar-refractivity contribution < 1.29 is 4.74 Å². The number of halogens is 1. The maximum Gasteiger partial charge on any atom is 0.125 e. The van der Waals surface area contributed by atoms with E-state index in [4.69, 9.17) is 16.3 Å². The van der Waals surface area contributed by atoms with Crippen LogP contribution in [-0.2, 0) is 0 Å². The molecule has 78 valence electrons. The van der Waals surface area contributed by atoms with Crippen molar-refractivity contribution in [2.45, 2.75) is 6.92 Å². The number of aryl methyl sites for hydroxylation is 1. The lowest BCUT2D eigenvalue weighted by Crippen LogP contribution is -1.82. The van der Waals surface area contributed by atoms with Crippen LogP contribution in [0, 0.1) is 6.92 Å². The highest BCUT2D eigenvalue weighted by molar-refractivity contribution is 7.19. The van der Waals surface area contributed by atoms with Gasteiger partial charge in [-0.1, -0.05) is 11.6 Å². The topological polar surface area (TPSA) is 22.1 Å². The second kappa shape index (κ2) is 4.21. The van der Waals surface area contributed by atoms with Gasteiger partial charge in [0.05, 0.1) is 12.8 Å². The van der Waals surface area contributed by atoms with Crippen molar-refractivity contribution in [3.05, 3.63) is 34.3 Å². The van der Waals surface area contributed by atoms with Gasteiger partial charge in [0.15, 0.2) is 0 Å². The van der Waals surface area contributed by atoms with Gasteiger partial charge in [0.25, 0.3) is 0 Å². The lowest BCUT2D eigenvalue weighted by Gasteiger charge is -1.99. The fraction of sp³-hybridized carbons (Fsp3) is 0.182. The van der Waals surface area contributed by atoms with Crippen LogP contribution in [0.4, 0.5) is 0 Å². The third-order valence-electron chi connectivity index (χ3n) is 2.08. The maximum atomic E-state index is 5.97. The Balaban J connectivity index is 2.37. The molecule has 4 heteroatoms. The first-order chi connectivity index (χ1) is 7.20. The zero-order valence-electron chi connectivity index (χ0n) is 8.45. The van der Waals surface area contributed by atoms with E-state index in [1.807, 2.05) is 31.2 Å². The number of thiazole rings is 1. The van der Waals surface area contributed by atoms with E-state index in [1.165, 1.54) is 11.3 Å². The molecular formula is C11H10ClNOS. The van der Waals surface area contributed by atoms with Gasteiger partial charge < -0.3 is 4.74 Å². The number of methoxy groups -OCH3 is 1. The molecule has 0 saturated heterocycles. The average molecular weight is 240 g/mol. The molecule has 0 fully saturated rings. The maximum absolute atomic E-state index is 5.97. The second-order valence-electron chi connectivity index (χ2n) is 3.11. The SMILES string of the molecule is COc1ccc(-c2nc(C)c(Cl)s2)cc1. The summed E-state index contributed by atoms with van der Waals surface area (Å²) in [6, 6.07) is 7.79. The van der Waals surface area contributed by atoms with E-state index in [0.717, 1.165) is 26.4 Å². The van der Waals surface area contributed by atoms with E-state index in [2.05, 4.69) is 4.98 Å². The molecular weight excluding hydrogens is 230 g/mol. The van der Waals surface area contributed by atoms with E-state index >= 15 is 0 Å². The van der Waals surface area contributed by atoms with E-state index < -0.39 is 0 Å².